The summed E-state index contributed by atoms with van der Waals surface area (Å²) in [5, 5.41) is 0.903. The van der Waals surface area contributed by atoms with Crippen LogP contribution in [0.15, 0.2) is 48.5 Å². The van der Waals surface area contributed by atoms with Gasteiger partial charge in [0.25, 0.3) is 0 Å². The largest absolute Gasteiger partial charge is 2.00 e. The van der Waals surface area contributed by atoms with E-state index in [9.17, 15) is 18.9 Å². The Morgan fingerprint density at radius 1 is 0.714 bits per heavy atom. The average Bonchev–Trinajstić information content (AvgIpc) is 2.40. The SMILES string of the molecule is Cc1ccccc1[PH](=O)[O-].Cc1ccccc1[PH](=O)[O-].[Ca+2]. The Bertz CT molecular complexity index is 576. The Morgan fingerprint density at radius 2 is 1.00 bits per heavy atom. The van der Waals surface area contributed by atoms with E-state index in [0.29, 0.717) is 10.6 Å². The van der Waals surface area contributed by atoms with E-state index in [0.717, 1.165) is 11.1 Å². The van der Waals surface area contributed by atoms with Crippen LogP contribution >= 0.6 is 16.1 Å². The maximum Gasteiger partial charge on any atom is 2.00 e. The van der Waals surface area contributed by atoms with Crippen molar-refractivity contribution in [3.05, 3.63) is 59.7 Å². The molecule has 2 atom stereocenters. The first kappa shape index (κ1) is 21.1. The van der Waals surface area contributed by atoms with E-state index in [1.165, 1.54) is 0 Å². The molecule has 21 heavy (non-hydrogen) atoms. The molecule has 0 saturated carbocycles. The predicted octanol–water partition coefficient (Wildman–Crippen LogP) is 0.530. The molecule has 2 unspecified atom stereocenters. The molecular weight excluding hydrogens is 334 g/mol. The zero-order valence-electron chi connectivity index (χ0n) is 12.0. The molecule has 2 aromatic rings. The molecule has 0 heterocycles. The van der Waals surface area contributed by atoms with Crippen molar-refractivity contribution in [1.29, 1.82) is 0 Å². The van der Waals surface area contributed by atoms with Crippen molar-refractivity contribution in [2.75, 3.05) is 0 Å². The van der Waals surface area contributed by atoms with Gasteiger partial charge in [0.15, 0.2) is 0 Å². The van der Waals surface area contributed by atoms with Gasteiger partial charge in [0.2, 0.25) is 0 Å². The Hall–Kier alpha value is 0.0797. The van der Waals surface area contributed by atoms with Crippen molar-refractivity contribution in [3.63, 3.8) is 0 Å². The van der Waals surface area contributed by atoms with E-state index in [1.54, 1.807) is 50.2 Å². The normalized spacial score (nSPS) is 12.4. The molecule has 0 amide bonds. The van der Waals surface area contributed by atoms with Crippen LogP contribution in [0.3, 0.4) is 0 Å². The van der Waals surface area contributed by atoms with E-state index in [-0.39, 0.29) is 37.7 Å². The summed E-state index contributed by atoms with van der Waals surface area (Å²) in [4.78, 5) is 21.0. The number of aryl methyl sites for hydroxylation is 2. The van der Waals surface area contributed by atoms with Crippen molar-refractivity contribution in [1.82, 2.24) is 0 Å². The van der Waals surface area contributed by atoms with Crippen LogP contribution in [0.5, 0.6) is 0 Å². The minimum absolute atomic E-state index is 0. The topological polar surface area (TPSA) is 80.3 Å². The monoisotopic (exact) mass is 350 g/mol. The van der Waals surface area contributed by atoms with Gasteiger partial charge in [-0.15, -0.1) is 0 Å². The van der Waals surface area contributed by atoms with Crippen molar-refractivity contribution in [3.8, 4) is 0 Å². The van der Waals surface area contributed by atoms with Gasteiger partial charge < -0.3 is 18.9 Å². The first-order valence-corrected chi connectivity index (χ1v) is 8.60. The van der Waals surface area contributed by atoms with E-state index >= 15 is 0 Å². The summed E-state index contributed by atoms with van der Waals surface area (Å²) in [6.07, 6.45) is 0. The molecule has 108 valence electrons. The minimum Gasteiger partial charge on any atom is -0.798 e. The van der Waals surface area contributed by atoms with Crippen LogP contribution in [0.25, 0.3) is 0 Å². The number of rotatable bonds is 2. The van der Waals surface area contributed by atoms with Crippen LogP contribution in [-0.2, 0) is 9.13 Å². The fourth-order valence-corrected chi connectivity index (χ4v) is 2.88. The van der Waals surface area contributed by atoms with Crippen LogP contribution < -0.4 is 20.4 Å². The smallest absolute Gasteiger partial charge is 0.798 e. The molecular formula is C14H16CaO4P2. The van der Waals surface area contributed by atoms with E-state index in [1.807, 2.05) is 12.1 Å². The molecule has 0 radical (unpaired) electrons. The molecule has 2 rings (SSSR count). The molecule has 0 bridgehead atoms. The van der Waals surface area contributed by atoms with E-state index in [4.69, 9.17) is 0 Å². The van der Waals surface area contributed by atoms with Gasteiger partial charge in [-0.2, -0.15) is 0 Å². The second-order valence-electron chi connectivity index (χ2n) is 4.20. The molecule has 4 nitrogen and oxygen atoms in total. The molecule has 0 aromatic heterocycles. The van der Waals surface area contributed by atoms with E-state index in [2.05, 4.69) is 0 Å². The van der Waals surface area contributed by atoms with E-state index < -0.39 is 16.1 Å². The third kappa shape index (κ3) is 7.25. The summed E-state index contributed by atoms with van der Waals surface area (Å²) in [5.41, 5.74) is 1.64. The Labute approximate surface area is 156 Å². The number of hydrogen-bond acceptors (Lipinski definition) is 4. The van der Waals surface area contributed by atoms with Gasteiger partial charge in [-0.3, -0.25) is 0 Å². The summed E-state index contributed by atoms with van der Waals surface area (Å²) in [6, 6.07) is 13.9. The molecule has 2 aromatic carbocycles. The molecule has 0 N–H and O–H groups in total. The summed E-state index contributed by atoms with van der Waals surface area (Å²) < 4.78 is 21.0. The number of benzene rings is 2. The summed E-state index contributed by atoms with van der Waals surface area (Å²) >= 11 is 0. The molecule has 0 spiro atoms. The zero-order valence-corrected chi connectivity index (χ0v) is 16.2. The molecule has 0 aliphatic rings. The third-order valence-electron chi connectivity index (χ3n) is 2.73. The Balaban J connectivity index is 0.000000364. The van der Waals surface area contributed by atoms with Crippen molar-refractivity contribution < 1.29 is 18.9 Å². The van der Waals surface area contributed by atoms with Gasteiger partial charge in [0, 0.05) is 16.1 Å². The molecule has 0 aliphatic heterocycles. The summed E-state index contributed by atoms with van der Waals surface area (Å²) in [6.45, 7) is 3.58. The summed E-state index contributed by atoms with van der Waals surface area (Å²) in [7, 11) is -5.48. The fourth-order valence-electron chi connectivity index (χ4n) is 1.60. The molecule has 0 saturated heterocycles. The molecule has 0 aliphatic carbocycles. The first-order chi connectivity index (χ1) is 9.43. The van der Waals surface area contributed by atoms with Gasteiger partial charge in [0.05, 0.1) is 0 Å². The van der Waals surface area contributed by atoms with Crippen LogP contribution in [0.2, 0.25) is 0 Å². The van der Waals surface area contributed by atoms with Gasteiger partial charge in [-0.1, -0.05) is 48.5 Å². The fraction of sp³-hybridized carbons (Fsp3) is 0.143. The van der Waals surface area contributed by atoms with Crippen molar-refractivity contribution >= 4 is 64.4 Å². The quantitative estimate of drug-likeness (QED) is 0.585. The molecule has 0 fully saturated rings. The van der Waals surface area contributed by atoms with Crippen molar-refractivity contribution in [2.45, 2.75) is 13.8 Å². The van der Waals surface area contributed by atoms with Crippen LogP contribution in [0, 0.1) is 13.8 Å². The van der Waals surface area contributed by atoms with Gasteiger partial charge >= 0.3 is 37.7 Å². The Morgan fingerprint density at radius 3 is 1.19 bits per heavy atom. The second kappa shape index (κ2) is 10.7. The van der Waals surface area contributed by atoms with Gasteiger partial charge in [0.1, 0.15) is 0 Å². The summed E-state index contributed by atoms with van der Waals surface area (Å²) in [5.74, 6) is 0. The maximum atomic E-state index is 10.5. The number of hydrogen-bond donors (Lipinski definition) is 0. The third-order valence-corrected chi connectivity index (χ3v) is 4.73. The maximum absolute atomic E-state index is 10.5. The van der Waals surface area contributed by atoms with Crippen molar-refractivity contribution in [2.24, 2.45) is 0 Å². The van der Waals surface area contributed by atoms with Gasteiger partial charge in [-0.05, 0) is 35.6 Å². The minimum atomic E-state index is -2.74. The zero-order chi connectivity index (χ0) is 15.1. The van der Waals surface area contributed by atoms with Crippen LogP contribution in [0.4, 0.5) is 0 Å². The van der Waals surface area contributed by atoms with Crippen LogP contribution in [-0.4, -0.2) is 37.7 Å². The average molecular weight is 350 g/mol. The first-order valence-electron chi connectivity index (χ1n) is 5.97. The second-order valence-corrected chi connectivity index (χ2v) is 6.43. The standard InChI is InChI=1S/2C7H9O2P.Ca/c2*1-6-4-2-3-5-7(6)10(8)9;/h2*2-5,10H,1H3,(H,8,9);/q;;+2/p-2. The van der Waals surface area contributed by atoms with Crippen LogP contribution in [0.1, 0.15) is 11.1 Å². The Kier molecular flexibility index (Phi) is 10.8. The van der Waals surface area contributed by atoms with Gasteiger partial charge in [-0.25, -0.2) is 0 Å². The molecule has 7 heteroatoms. The predicted molar refractivity (Wildman–Crippen MR) is 85.4 cm³/mol.